The van der Waals surface area contributed by atoms with Gasteiger partial charge in [0.15, 0.2) is 0 Å². The van der Waals surface area contributed by atoms with Gasteiger partial charge in [0.1, 0.15) is 19.2 Å². The third-order valence-corrected chi connectivity index (χ3v) is 2.59. The number of hydrogen-bond donors (Lipinski definition) is 3. The largest absolute Gasteiger partial charge is 0.480 e. The molecule has 2 amide bonds. The molecule has 0 aromatic heterocycles. The molecule has 0 aliphatic heterocycles. The number of urea groups is 1. The van der Waals surface area contributed by atoms with E-state index in [0.717, 1.165) is 0 Å². The predicted octanol–water partition coefficient (Wildman–Crippen LogP) is 1.21. The van der Waals surface area contributed by atoms with Crippen molar-refractivity contribution in [3.8, 4) is 6.07 Å². The lowest BCUT2D eigenvalue weighted by molar-refractivity contribution is -0.140. The van der Waals surface area contributed by atoms with E-state index >= 15 is 0 Å². The van der Waals surface area contributed by atoms with Crippen molar-refractivity contribution in [1.29, 1.82) is 5.26 Å². The third-order valence-electron chi connectivity index (χ3n) is 2.28. The maximum absolute atomic E-state index is 11.8. The number of aliphatic carboxylic acids is 2. The Morgan fingerprint density at radius 1 is 1.24 bits per heavy atom. The van der Waals surface area contributed by atoms with Crippen LogP contribution in [0.15, 0.2) is 18.2 Å². The first-order valence-electron chi connectivity index (χ1n) is 5.52. The van der Waals surface area contributed by atoms with Gasteiger partial charge in [-0.05, 0) is 18.2 Å². The molecule has 0 spiro atoms. The van der Waals surface area contributed by atoms with E-state index in [1.807, 2.05) is 6.07 Å². The zero-order valence-electron chi connectivity index (χ0n) is 10.5. The monoisotopic (exact) mass is 311 g/mol. The Kier molecular flexibility index (Phi) is 5.51. The molecule has 8 nitrogen and oxygen atoms in total. The number of rotatable bonds is 5. The van der Waals surface area contributed by atoms with E-state index in [2.05, 4.69) is 5.32 Å². The summed E-state index contributed by atoms with van der Waals surface area (Å²) >= 11 is 5.79. The Morgan fingerprint density at radius 2 is 1.81 bits per heavy atom. The zero-order chi connectivity index (χ0) is 16.0. The van der Waals surface area contributed by atoms with Gasteiger partial charge in [0.2, 0.25) is 0 Å². The van der Waals surface area contributed by atoms with Crippen molar-refractivity contribution in [2.75, 3.05) is 18.4 Å². The van der Waals surface area contributed by atoms with Gasteiger partial charge >= 0.3 is 18.0 Å². The Morgan fingerprint density at radius 3 is 2.24 bits per heavy atom. The highest BCUT2D eigenvalue weighted by atomic mass is 35.5. The normalized spacial score (nSPS) is 9.52. The molecular weight excluding hydrogens is 302 g/mol. The number of nitriles is 1. The van der Waals surface area contributed by atoms with Crippen LogP contribution in [0.5, 0.6) is 0 Å². The molecule has 0 saturated carbocycles. The SMILES string of the molecule is N#Cc1ccc(NC(=O)N(CC(=O)O)CC(=O)O)cc1Cl. The molecule has 1 rings (SSSR count). The maximum Gasteiger partial charge on any atom is 0.323 e. The lowest BCUT2D eigenvalue weighted by Crippen LogP contribution is -2.41. The summed E-state index contributed by atoms with van der Waals surface area (Å²) in [5, 5.41) is 28.4. The summed E-state index contributed by atoms with van der Waals surface area (Å²) in [6.45, 7) is -1.52. The van der Waals surface area contributed by atoms with Crippen LogP contribution in [-0.4, -0.2) is 46.2 Å². The average Bonchev–Trinajstić information content (AvgIpc) is 2.37. The summed E-state index contributed by atoms with van der Waals surface area (Å²) in [5.74, 6) is -2.69. The molecule has 0 fully saturated rings. The van der Waals surface area contributed by atoms with Crippen molar-refractivity contribution in [2.24, 2.45) is 0 Å². The van der Waals surface area contributed by atoms with Crippen LogP contribution >= 0.6 is 11.6 Å². The molecule has 0 unspecified atom stereocenters. The van der Waals surface area contributed by atoms with Crippen molar-refractivity contribution in [1.82, 2.24) is 4.90 Å². The van der Waals surface area contributed by atoms with Crippen molar-refractivity contribution in [2.45, 2.75) is 0 Å². The molecule has 0 aliphatic carbocycles. The van der Waals surface area contributed by atoms with Crippen LogP contribution < -0.4 is 5.32 Å². The highest BCUT2D eigenvalue weighted by molar-refractivity contribution is 6.32. The molecule has 9 heteroatoms. The molecular formula is C12H10ClN3O5. The van der Waals surface area contributed by atoms with E-state index in [9.17, 15) is 14.4 Å². The van der Waals surface area contributed by atoms with Gasteiger partial charge in [-0.15, -0.1) is 0 Å². The summed E-state index contributed by atoms with van der Waals surface area (Å²) in [6.07, 6.45) is 0. The second kappa shape index (κ2) is 7.12. The summed E-state index contributed by atoms with van der Waals surface area (Å²) in [5.41, 5.74) is 0.423. The molecule has 110 valence electrons. The number of carbonyl (C=O) groups excluding carboxylic acids is 1. The summed E-state index contributed by atoms with van der Waals surface area (Å²) < 4.78 is 0. The fourth-order valence-electron chi connectivity index (χ4n) is 1.41. The van der Waals surface area contributed by atoms with Gasteiger partial charge in [-0.1, -0.05) is 11.6 Å². The predicted molar refractivity (Wildman–Crippen MR) is 72.0 cm³/mol. The Balaban J connectivity index is 2.85. The van der Waals surface area contributed by atoms with E-state index in [-0.39, 0.29) is 16.3 Å². The number of amides is 2. The lowest BCUT2D eigenvalue weighted by atomic mass is 10.2. The Hall–Kier alpha value is -2.79. The highest BCUT2D eigenvalue weighted by Crippen LogP contribution is 2.20. The van der Waals surface area contributed by atoms with Crippen LogP contribution in [-0.2, 0) is 9.59 Å². The van der Waals surface area contributed by atoms with Gasteiger partial charge in [-0.2, -0.15) is 5.26 Å². The van der Waals surface area contributed by atoms with E-state index in [0.29, 0.717) is 4.90 Å². The molecule has 0 saturated heterocycles. The number of carboxylic acid groups (broad SMARTS) is 2. The molecule has 21 heavy (non-hydrogen) atoms. The number of anilines is 1. The number of carbonyl (C=O) groups is 3. The minimum atomic E-state index is -1.34. The molecule has 3 N–H and O–H groups in total. The third kappa shape index (κ3) is 5.00. The summed E-state index contributed by atoms with van der Waals surface area (Å²) in [6, 6.07) is 5.00. The van der Waals surface area contributed by atoms with Gasteiger partial charge < -0.3 is 20.4 Å². The van der Waals surface area contributed by atoms with Crippen LogP contribution in [0.3, 0.4) is 0 Å². The van der Waals surface area contributed by atoms with E-state index in [4.69, 9.17) is 27.1 Å². The number of nitrogens with zero attached hydrogens (tertiary/aromatic N) is 2. The molecule has 1 aromatic rings. The van der Waals surface area contributed by atoms with Gasteiger partial charge in [-0.3, -0.25) is 9.59 Å². The van der Waals surface area contributed by atoms with Crippen LogP contribution in [0.25, 0.3) is 0 Å². The van der Waals surface area contributed by atoms with Gasteiger partial charge in [-0.25, -0.2) is 4.79 Å². The first kappa shape index (κ1) is 16.3. The number of benzene rings is 1. The van der Waals surface area contributed by atoms with E-state index < -0.39 is 31.1 Å². The van der Waals surface area contributed by atoms with Gasteiger partial charge in [0.05, 0.1) is 10.6 Å². The fraction of sp³-hybridized carbons (Fsp3) is 0.167. The Bertz CT molecular complexity index is 610. The lowest BCUT2D eigenvalue weighted by Gasteiger charge is -2.19. The van der Waals surface area contributed by atoms with E-state index in [1.165, 1.54) is 18.2 Å². The van der Waals surface area contributed by atoms with Crippen LogP contribution in [0, 0.1) is 11.3 Å². The highest BCUT2D eigenvalue weighted by Gasteiger charge is 2.19. The standard InChI is InChI=1S/C12H10ClN3O5/c13-9-3-8(2-1-7(9)4-14)15-12(21)16(5-10(17)18)6-11(19)20/h1-3H,5-6H2,(H,15,21)(H,17,18)(H,19,20). The summed E-state index contributed by atoms with van der Waals surface area (Å²) in [7, 11) is 0. The van der Waals surface area contributed by atoms with Crippen molar-refractivity contribution < 1.29 is 24.6 Å². The summed E-state index contributed by atoms with van der Waals surface area (Å²) in [4.78, 5) is 33.7. The molecule has 1 aromatic carbocycles. The van der Waals surface area contributed by atoms with Gasteiger partial charge in [0.25, 0.3) is 0 Å². The fourth-order valence-corrected chi connectivity index (χ4v) is 1.63. The topological polar surface area (TPSA) is 131 Å². The molecule has 0 bridgehead atoms. The molecule has 0 heterocycles. The zero-order valence-corrected chi connectivity index (χ0v) is 11.3. The number of hydrogen-bond acceptors (Lipinski definition) is 4. The molecule has 0 atom stereocenters. The minimum absolute atomic E-state index is 0.110. The van der Waals surface area contributed by atoms with E-state index in [1.54, 1.807) is 0 Å². The van der Waals surface area contributed by atoms with Crippen LogP contribution in [0.4, 0.5) is 10.5 Å². The average molecular weight is 312 g/mol. The first-order valence-corrected chi connectivity index (χ1v) is 5.90. The quantitative estimate of drug-likeness (QED) is 0.749. The van der Waals surface area contributed by atoms with Crippen LogP contribution in [0.2, 0.25) is 5.02 Å². The van der Waals surface area contributed by atoms with Crippen molar-refractivity contribution in [3.63, 3.8) is 0 Å². The van der Waals surface area contributed by atoms with Crippen molar-refractivity contribution >= 4 is 35.3 Å². The second-order valence-electron chi connectivity index (χ2n) is 3.88. The first-order chi connectivity index (χ1) is 9.83. The maximum atomic E-state index is 11.8. The minimum Gasteiger partial charge on any atom is -0.480 e. The second-order valence-corrected chi connectivity index (χ2v) is 4.29. The molecule has 0 aliphatic rings. The smallest absolute Gasteiger partial charge is 0.323 e. The van der Waals surface area contributed by atoms with Gasteiger partial charge in [0, 0.05) is 5.69 Å². The number of nitrogens with one attached hydrogen (secondary N) is 1. The number of carboxylic acids is 2. The van der Waals surface area contributed by atoms with Crippen molar-refractivity contribution in [3.05, 3.63) is 28.8 Å². The Labute approximate surface area is 124 Å². The number of halogens is 1. The molecule has 0 radical (unpaired) electrons. The van der Waals surface area contributed by atoms with Crippen LogP contribution in [0.1, 0.15) is 5.56 Å².